The van der Waals surface area contributed by atoms with E-state index in [1.165, 1.54) is 32.1 Å². The zero-order chi connectivity index (χ0) is 48.0. The van der Waals surface area contributed by atoms with Crippen molar-refractivity contribution in [2.45, 2.75) is 217 Å². The Bertz CT molecular complexity index is 1430. The molecule has 0 aliphatic heterocycles. The van der Waals surface area contributed by atoms with Gasteiger partial charge in [-0.1, -0.05) is 151 Å². The molecule has 15 heteroatoms. The summed E-state index contributed by atoms with van der Waals surface area (Å²) in [5.74, 6) is -1.17. The van der Waals surface area contributed by atoms with Gasteiger partial charge in [-0.05, 0) is 77.0 Å². The molecule has 0 aromatic carbocycles. The summed E-state index contributed by atoms with van der Waals surface area (Å²) >= 11 is 0. The maximum absolute atomic E-state index is 12.8. The fourth-order valence-corrected chi connectivity index (χ4v) is 7.89. The van der Waals surface area contributed by atoms with Crippen molar-refractivity contribution in [2.75, 3.05) is 13.2 Å². The third-order valence-electron chi connectivity index (χ3n) is 10.9. The Kier molecular flexibility index (Phi) is 36.4. The van der Waals surface area contributed by atoms with Gasteiger partial charge >= 0.3 is 19.8 Å². The standard InChI is InChI=1S/C50H85O14P/c1-3-5-7-8-9-10-11-12-13-14-15-16-17-18-19-20-23-27-30-34-38-44(53)63-42(40-62-65(59,60)64-50-48(57)46(55)45(54)47(56)49(50)58)39-61-43(52)37-33-29-26-24-21-22-25-28-32-36-41(51)35-31-6-4-2/h6,10-11,13-14,16-17,25,28,31-32,36,41-42,45-51,54-58H,3-5,7-9,12,15,18-24,26-27,29-30,33-35,37-40H2,1-2H3,(H,59,60)/b11-10-,14-13-,17-16-,28-25+,31-6+,36-32+/t41?,42-,45?,46-,47+,48-,49-,50?/m1/s1. The van der Waals surface area contributed by atoms with Crippen LogP contribution in [0.5, 0.6) is 0 Å². The summed E-state index contributed by atoms with van der Waals surface area (Å²) in [6.45, 7) is 3.04. The Morgan fingerprint density at radius 1 is 0.569 bits per heavy atom. The quantitative estimate of drug-likeness (QED) is 0.0100. The highest BCUT2D eigenvalue weighted by atomic mass is 31.2. The predicted molar refractivity (Wildman–Crippen MR) is 255 cm³/mol. The van der Waals surface area contributed by atoms with Crippen LogP contribution in [0.15, 0.2) is 72.9 Å². The number of aliphatic hydroxyl groups is 6. The molecule has 0 radical (unpaired) electrons. The third kappa shape index (κ3) is 31.8. The summed E-state index contributed by atoms with van der Waals surface area (Å²) in [7, 11) is -5.15. The Morgan fingerprint density at radius 2 is 1.06 bits per heavy atom. The normalized spacial score (nSPS) is 22.5. The molecule has 0 saturated heterocycles. The van der Waals surface area contributed by atoms with Gasteiger partial charge in [0, 0.05) is 12.8 Å². The van der Waals surface area contributed by atoms with Gasteiger partial charge in [0.15, 0.2) is 6.10 Å². The summed E-state index contributed by atoms with van der Waals surface area (Å²) < 4.78 is 33.5. The van der Waals surface area contributed by atoms with Crippen LogP contribution in [0, 0.1) is 0 Å². The molecule has 0 heterocycles. The van der Waals surface area contributed by atoms with Gasteiger partial charge in [0.1, 0.15) is 43.2 Å². The first-order valence-corrected chi connectivity index (χ1v) is 25.8. The zero-order valence-electron chi connectivity index (χ0n) is 39.4. The number of hydrogen-bond acceptors (Lipinski definition) is 13. The second kappa shape index (κ2) is 39.3. The van der Waals surface area contributed by atoms with E-state index in [4.69, 9.17) is 18.5 Å². The third-order valence-corrected chi connectivity index (χ3v) is 11.8. The number of phosphoric ester groups is 1. The molecule has 0 aromatic rings. The molecule has 4 unspecified atom stereocenters. The highest BCUT2D eigenvalue weighted by Gasteiger charge is 2.51. The number of phosphoric acid groups is 1. The summed E-state index contributed by atoms with van der Waals surface area (Å²) in [4.78, 5) is 35.8. The minimum atomic E-state index is -5.15. The molecular formula is C50H85O14P. The van der Waals surface area contributed by atoms with E-state index in [9.17, 15) is 49.7 Å². The van der Waals surface area contributed by atoms with E-state index in [1.54, 1.807) is 6.08 Å². The molecule has 0 amide bonds. The second-order valence-corrected chi connectivity index (χ2v) is 18.2. The Labute approximate surface area is 389 Å². The smallest absolute Gasteiger partial charge is 0.462 e. The number of carbonyl (C=O) groups is 2. The van der Waals surface area contributed by atoms with Gasteiger partial charge in [-0.15, -0.1) is 0 Å². The number of aliphatic hydroxyl groups excluding tert-OH is 6. The van der Waals surface area contributed by atoms with E-state index >= 15 is 0 Å². The first kappa shape index (κ1) is 60.3. The minimum absolute atomic E-state index is 0.0634. The second-order valence-electron chi connectivity index (χ2n) is 16.8. The van der Waals surface area contributed by atoms with Gasteiger partial charge in [0.05, 0.1) is 12.7 Å². The molecule has 65 heavy (non-hydrogen) atoms. The highest BCUT2D eigenvalue weighted by molar-refractivity contribution is 7.47. The van der Waals surface area contributed by atoms with Gasteiger partial charge < -0.3 is 45.0 Å². The topological polar surface area (TPSA) is 230 Å². The zero-order valence-corrected chi connectivity index (χ0v) is 40.3. The summed E-state index contributed by atoms with van der Waals surface area (Å²) in [6.07, 6.45) is 32.7. The van der Waals surface area contributed by atoms with Crippen LogP contribution in [-0.4, -0.2) is 110 Å². The number of hydrogen-bond donors (Lipinski definition) is 7. The van der Waals surface area contributed by atoms with Crippen molar-refractivity contribution in [1.29, 1.82) is 0 Å². The van der Waals surface area contributed by atoms with Gasteiger partial charge in [0.25, 0.3) is 0 Å². The number of esters is 2. The lowest BCUT2D eigenvalue weighted by Crippen LogP contribution is -2.64. The molecule has 9 atom stereocenters. The lowest BCUT2D eigenvalue weighted by molar-refractivity contribution is -0.220. The van der Waals surface area contributed by atoms with Gasteiger partial charge in [-0.25, -0.2) is 4.57 Å². The number of unbranched alkanes of at least 4 members (excludes halogenated alkanes) is 15. The maximum atomic E-state index is 12.8. The SMILES string of the molecule is CC/C=C/CC(O)/C=C/C=C/CCCCCCCC(=O)OC[C@H](COP(=O)(O)OC1[C@H](O)[C@H](O)C(O)[C@H](O)[C@H]1O)OC(=O)CCCCCCCC/C=C\C/C=C\C/C=C\CCCCCC. The monoisotopic (exact) mass is 941 g/mol. The summed E-state index contributed by atoms with van der Waals surface area (Å²) in [6, 6.07) is 0. The highest BCUT2D eigenvalue weighted by Crippen LogP contribution is 2.47. The average Bonchev–Trinajstić information content (AvgIpc) is 3.28. The molecule has 374 valence electrons. The fourth-order valence-electron chi connectivity index (χ4n) is 6.92. The van der Waals surface area contributed by atoms with Gasteiger partial charge in [0.2, 0.25) is 0 Å². The molecule has 7 N–H and O–H groups in total. The van der Waals surface area contributed by atoms with Crippen LogP contribution >= 0.6 is 7.82 Å². The largest absolute Gasteiger partial charge is 0.472 e. The molecule has 1 rings (SSSR count). The number of allylic oxidation sites excluding steroid dienone is 10. The average molecular weight is 941 g/mol. The van der Waals surface area contributed by atoms with Crippen LogP contribution in [0.25, 0.3) is 0 Å². The summed E-state index contributed by atoms with van der Waals surface area (Å²) in [5, 5.41) is 60.1. The van der Waals surface area contributed by atoms with Crippen LogP contribution in [-0.2, 0) is 32.7 Å². The molecule has 14 nitrogen and oxygen atoms in total. The lowest BCUT2D eigenvalue weighted by Gasteiger charge is -2.41. The van der Waals surface area contributed by atoms with E-state index in [2.05, 4.69) is 49.5 Å². The Balaban J connectivity index is 2.47. The van der Waals surface area contributed by atoms with Gasteiger partial charge in [-0.2, -0.15) is 0 Å². The first-order chi connectivity index (χ1) is 31.3. The number of ether oxygens (including phenoxy) is 2. The van der Waals surface area contributed by atoms with Crippen molar-refractivity contribution in [3.05, 3.63) is 72.9 Å². The Hall–Kier alpha value is -2.75. The van der Waals surface area contributed by atoms with Crippen LogP contribution in [0.2, 0.25) is 0 Å². The van der Waals surface area contributed by atoms with Crippen molar-refractivity contribution in [2.24, 2.45) is 0 Å². The predicted octanol–water partition coefficient (Wildman–Crippen LogP) is 8.86. The van der Waals surface area contributed by atoms with E-state index in [0.29, 0.717) is 19.3 Å². The lowest BCUT2D eigenvalue weighted by atomic mass is 9.85. The van der Waals surface area contributed by atoms with E-state index in [0.717, 1.165) is 89.9 Å². The van der Waals surface area contributed by atoms with Crippen LogP contribution in [0.3, 0.4) is 0 Å². The van der Waals surface area contributed by atoms with E-state index in [-0.39, 0.29) is 12.8 Å². The number of carbonyl (C=O) groups excluding carboxylic acids is 2. The van der Waals surface area contributed by atoms with Crippen LogP contribution in [0.1, 0.15) is 168 Å². The van der Waals surface area contributed by atoms with E-state index in [1.807, 2.05) is 31.2 Å². The number of rotatable bonds is 39. The molecule has 0 spiro atoms. The van der Waals surface area contributed by atoms with Crippen molar-refractivity contribution in [3.63, 3.8) is 0 Å². The van der Waals surface area contributed by atoms with Gasteiger partial charge in [-0.3, -0.25) is 18.6 Å². The van der Waals surface area contributed by atoms with Crippen LogP contribution < -0.4 is 0 Å². The fraction of sp³-hybridized carbons (Fsp3) is 0.720. The molecule has 1 aliphatic rings. The van der Waals surface area contributed by atoms with Crippen LogP contribution in [0.4, 0.5) is 0 Å². The summed E-state index contributed by atoms with van der Waals surface area (Å²) in [5.41, 5.74) is 0. The van der Waals surface area contributed by atoms with Crippen molar-refractivity contribution < 1.29 is 68.2 Å². The van der Waals surface area contributed by atoms with E-state index < -0.39 is 81.8 Å². The molecule has 0 bridgehead atoms. The Morgan fingerprint density at radius 3 is 1.63 bits per heavy atom. The van der Waals surface area contributed by atoms with Crippen molar-refractivity contribution in [3.8, 4) is 0 Å². The molecule has 1 fully saturated rings. The molecular weight excluding hydrogens is 856 g/mol. The maximum Gasteiger partial charge on any atom is 0.472 e. The molecule has 0 aromatic heterocycles. The molecule has 1 aliphatic carbocycles. The minimum Gasteiger partial charge on any atom is -0.462 e. The molecule has 1 saturated carbocycles. The van der Waals surface area contributed by atoms with Crippen molar-refractivity contribution >= 4 is 19.8 Å². The first-order valence-electron chi connectivity index (χ1n) is 24.3. The van der Waals surface area contributed by atoms with Crippen molar-refractivity contribution in [1.82, 2.24) is 0 Å².